The number of rotatable bonds is 2. The van der Waals surface area contributed by atoms with Crippen molar-refractivity contribution in [2.24, 2.45) is 0 Å². The summed E-state index contributed by atoms with van der Waals surface area (Å²) in [5, 5.41) is 11.9. The van der Waals surface area contributed by atoms with Crippen LogP contribution in [-0.2, 0) is 0 Å². The van der Waals surface area contributed by atoms with E-state index >= 15 is 0 Å². The van der Waals surface area contributed by atoms with Crippen LogP contribution in [-0.4, -0.2) is 21.2 Å². The van der Waals surface area contributed by atoms with Gasteiger partial charge in [-0.25, -0.2) is 4.79 Å². The highest BCUT2D eigenvalue weighted by Crippen LogP contribution is 2.23. The van der Waals surface area contributed by atoms with Crippen molar-refractivity contribution < 1.29 is 4.79 Å². The highest BCUT2D eigenvalue weighted by Gasteiger charge is 2.08. The Kier molecular flexibility index (Phi) is 3.24. The van der Waals surface area contributed by atoms with E-state index in [9.17, 15) is 4.79 Å². The van der Waals surface area contributed by atoms with E-state index in [4.69, 9.17) is 11.6 Å². The summed E-state index contributed by atoms with van der Waals surface area (Å²) in [6.07, 6.45) is 3.12. The number of nitrogens with zero attached hydrogens (tertiary/aromatic N) is 2. The molecule has 0 saturated carbocycles. The van der Waals surface area contributed by atoms with E-state index in [-0.39, 0.29) is 0 Å². The predicted molar refractivity (Wildman–Crippen MR) is 65.2 cm³/mol. The Balaban J connectivity index is 2.06. The monoisotopic (exact) mass is 251 g/mol. The summed E-state index contributed by atoms with van der Waals surface area (Å²) in [4.78, 5) is 15.6. The lowest BCUT2D eigenvalue weighted by molar-refractivity contribution is 0.262. The first kappa shape index (κ1) is 11.4. The highest BCUT2D eigenvalue weighted by atomic mass is 35.5. The van der Waals surface area contributed by atoms with Gasteiger partial charge in [-0.2, -0.15) is 5.10 Å². The molecule has 0 fully saturated rings. The van der Waals surface area contributed by atoms with Gasteiger partial charge in [0.05, 0.1) is 22.6 Å². The summed E-state index contributed by atoms with van der Waals surface area (Å²) in [7, 11) is 0. The van der Waals surface area contributed by atoms with Crippen LogP contribution in [0.2, 0.25) is 5.02 Å². The lowest BCUT2D eigenvalue weighted by atomic mass is 10.3. The number of urea groups is 1. The Labute approximate surface area is 102 Å². The third-order valence-corrected chi connectivity index (χ3v) is 2.54. The van der Waals surface area contributed by atoms with Gasteiger partial charge < -0.3 is 5.32 Å². The van der Waals surface area contributed by atoms with Crippen LogP contribution in [0.4, 0.5) is 16.3 Å². The first-order valence-corrected chi connectivity index (χ1v) is 5.23. The van der Waals surface area contributed by atoms with Crippen molar-refractivity contribution in [1.82, 2.24) is 15.2 Å². The van der Waals surface area contributed by atoms with Crippen molar-refractivity contribution in [3.8, 4) is 0 Å². The molecule has 0 unspecified atom stereocenters. The molecule has 0 aromatic carbocycles. The highest BCUT2D eigenvalue weighted by molar-refractivity contribution is 6.34. The summed E-state index contributed by atoms with van der Waals surface area (Å²) < 4.78 is 0. The molecule has 0 aliphatic carbocycles. The van der Waals surface area contributed by atoms with E-state index in [2.05, 4.69) is 25.8 Å². The molecule has 2 heterocycles. The normalized spacial score (nSPS) is 10.0. The fourth-order valence-corrected chi connectivity index (χ4v) is 1.41. The fourth-order valence-electron chi connectivity index (χ4n) is 1.25. The number of aromatic nitrogens is 3. The number of hydrogen-bond acceptors (Lipinski definition) is 3. The van der Waals surface area contributed by atoms with Gasteiger partial charge in [0.2, 0.25) is 0 Å². The maximum absolute atomic E-state index is 11.6. The maximum atomic E-state index is 11.6. The Morgan fingerprint density at radius 3 is 2.88 bits per heavy atom. The Morgan fingerprint density at radius 2 is 2.18 bits per heavy atom. The first-order chi connectivity index (χ1) is 8.16. The minimum atomic E-state index is -0.401. The zero-order chi connectivity index (χ0) is 12.3. The third-order valence-electron chi connectivity index (χ3n) is 2.06. The smallest absolute Gasteiger partial charge is 0.306 e. The van der Waals surface area contributed by atoms with E-state index in [0.717, 1.165) is 0 Å². The van der Waals surface area contributed by atoms with Crippen LogP contribution < -0.4 is 10.6 Å². The molecule has 2 aromatic heterocycles. The van der Waals surface area contributed by atoms with E-state index in [0.29, 0.717) is 22.2 Å². The molecule has 0 bridgehead atoms. The number of nitrogens with one attached hydrogen (secondary N) is 3. The van der Waals surface area contributed by atoms with Gasteiger partial charge in [0, 0.05) is 12.3 Å². The van der Waals surface area contributed by atoms with Crippen LogP contribution in [0, 0.1) is 6.92 Å². The lowest BCUT2D eigenvalue weighted by Gasteiger charge is -2.08. The van der Waals surface area contributed by atoms with Crippen LogP contribution in [0.1, 0.15) is 5.69 Å². The molecule has 17 heavy (non-hydrogen) atoms. The molecule has 0 aliphatic rings. The molecule has 2 aromatic rings. The maximum Gasteiger partial charge on any atom is 0.324 e. The van der Waals surface area contributed by atoms with Gasteiger partial charge in [-0.15, -0.1) is 0 Å². The van der Waals surface area contributed by atoms with Crippen molar-refractivity contribution in [1.29, 1.82) is 0 Å². The zero-order valence-corrected chi connectivity index (χ0v) is 9.75. The molecule has 0 spiro atoms. The van der Waals surface area contributed by atoms with E-state index in [1.165, 1.54) is 0 Å². The number of anilines is 2. The fraction of sp³-hybridized carbons (Fsp3) is 0.100. The predicted octanol–water partition coefficient (Wildman–Crippen LogP) is 2.41. The number of H-pyrrole nitrogens is 1. The Hall–Kier alpha value is -2.08. The largest absolute Gasteiger partial charge is 0.324 e. The molecule has 7 heteroatoms. The average Bonchev–Trinajstić information content (AvgIpc) is 2.77. The van der Waals surface area contributed by atoms with Crippen LogP contribution in [0.15, 0.2) is 24.5 Å². The van der Waals surface area contributed by atoms with Gasteiger partial charge in [-0.3, -0.25) is 15.4 Å². The molecular weight excluding hydrogens is 242 g/mol. The van der Waals surface area contributed by atoms with Crippen molar-refractivity contribution in [3.05, 3.63) is 35.2 Å². The van der Waals surface area contributed by atoms with E-state index in [1.54, 1.807) is 31.5 Å². The number of carbonyl (C=O) groups is 1. The van der Waals surface area contributed by atoms with Crippen molar-refractivity contribution in [2.45, 2.75) is 6.92 Å². The van der Waals surface area contributed by atoms with Gasteiger partial charge in [0.1, 0.15) is 5.82 Å². The Morgan fingerprint density at radius 1 is 1.35 bits per heavy atom. The number of amides is 2. The summed E-state index contributed by atoms with van der Waals surface area (Å²) >= 11 is 5.99. The SMILES string of the molecule is Cc1nccc(NC(=O)Nc2ccn[nH]2)c1Cl. The molecule has 6 nitrogen and oxygen atoms in total. The average molecular weight is 252 g/mol. The molecule has 2 amide bonds. The second-order valence-corrected chi connectivity index (χ2v) is 3.69. The number of aromatic amines is 1. The quantitative estimate of drug-likeness (QED) is 0.766. The first-order valence-electron chi connectivity index (χ1n) is 4.85. The molecule has 3 N–H and O–H groups in total. The standard InChI is InChI=1S/C10H10ClN5O/c1-6-9(11)7(2-4-12-6)14-10(17)15-8-3-5-13-16-8/h2-5H,1H3,(H3,12,13,14,15,16,17). The van der Waals surface area contributed by atoms with Crippen LogP contribution in [0.3, 0.4) is 0 Å². The van der Waals surface area contributed by atoms with Gasteiger partial charge in [0.25, 0.3) is 0 Å². The Bertz CT molecular complexity index is 525. The van der Waals surface area contributed by atoms with Crippen LogP contribution in [0.5, 0.6) is 0 Å². The summed E-state index contributed by atoms with van der Waals surface area (Å²) in [5.74, 6) is 0.504. The molecule has 0 aliphatic heterocycles. The molecule has 0 atom stereocenters. The van der Waals surface area contributed by atoms with Gasteiger partial charge in [0.15, 0.2) is 0 Å². The van der Waals surface area contributed by atoms with Crippen molar-refractivity contribution in [2.75, 3.05) is 10.6 Å². The second-order valence-electron chi connectivity index (χ2n) is 3.31. The van der Waals surface area contributed by atoms with Gasteiger partial charge in [-0.1, -0.05) is 11.6 Å². The van der Waals surface area contributed by atoms with Gasteiger partial charge >= 0.3 is 6.03 Å². The molecule has 2 rings (SSSR count). The van der Waals surface area contributed by atoms with Crippen LogP contribution in [0.25, 0.3) is 0 Å². The van der Waals surface area contributed by atoms with Gasteiger partial charge in [-0.05, 0) is 13.0 Å². The van der Waals surface area contributed by atoms with Crippen molar-refractivity contribution in [3.63, 3.8) is 0 Å². The molecule has 0 saturated heterocycles. The van der Waals surface area contributed by atoms with E-state index in [1.807, 2.05) is 0 Å². The number of carbonyl (C=O) groups excluding carboxylic acids is 1. The molecular formula is C10H10ClN5O. The minimum absolute atomic E-state index is 0.401. The zero-order valence-electron chi connectivity index (χ0n) is 8.99. The second kappa shape index (κ2) is 4.84. The lowest BCUT2D eigenvalue weighted by Crippen LogP contribution is -2.20. The summed E-state index contributed by atoms with van der Waals surface area (Å²) in [6, 6.07) is 2.86. The minimum Gasteiger partial charge on any atom is -0.306 e. The summed E-state index contributed by atoms with van der Waals surface area (Å²) in [5.41, 5.74) is 1.17. The van der Waals surface area contributed by atoms with E-state index < -0.39 is 6.03 Å². The molecule has 88 valence electrons. The number of pyridine rings is 1. The molecule has 0 radical (unpaired) electrons. The number of halogens is 1. The van der Waals surface area contributed by atoms with Crippen LogP contribution >= 0.6 is 11.6 Å². The number of hydrogen-bond donors (Lipinski definition) is 3. The third kappa shape index (κ3) is 2.73. The van der Waals surface area contributed by atoms with Crippen molar-refractivity contribution >= 4 is 29.1 Å². The topological polar surface area (TPSA) is 82.7 Å². The number of aryl methyl sites for hydroxylation is 1. The summed E-state index contributed by atoms with van der Waals surface area (Å²) in [6.45, 7) is 1.76.